The number of hydrogen-bond donors (Lipinski definition) is 0. The zero-order valence-electron chi connectivity index (χ0n) is 13.1. The summed E-state index contributed by atoms with van der Waals surface area (Å²) in [6.07, 6.45) is 0.938. The number of ketones is 1. The molecule has 2 rings (SSSR count). The van der Waals surface area contributed by atoms with Crippen LogP contribution in [0, 0.1) is 6.92 Å². The minimum atomic E-state index is -0.341. The third-order valence-corrected chi connectivity index (χ3v) is 4.18. The highest BCUT2D eigenvalue weighted by molar-refractivity contribution is 7.14. The smallest absolute Gasteiger partial charge is 0.306 e. The van der Waals surface area contributed by atoms with Crippen molar-refractivity contribution in [1.82, 2.24) is 0 Å². The molecule has 0 fully saturated rings. The number of thiophene rings is 1. The van der Waals surface area contributed by atoms with Crippen molar-refractivity contribution in [3.63, 3.8) is 0 Å². The normalized spacial score (nSPS) is 10.3. The van der Waals surface area contributed by atoms with Crippen molar-refractivity contribution >= 4 is 23.1 Å². The predicted molar refractivity (Wildman–Crippen MR) is 90.1 cm³/mol. The second kappa shape index (κ2) is 9.10. The van der Waals surface area contributed by atoms with Crippen LogP contribution in [0.25, 0.3) is 0 Å². The topological polar surface area (TPSA) is 52.6 Å². The van der Waals surface area contributed by atoms with Crippen LogP contribution in [0.5, 0.6) is 5.75 Å². The van der Waals surface area contributed by atoms with Crippen LogP contribution in [0.1, 0.15) is 33.8 Å². The summed E-state index contributed by atoms with van der Waals surface area (Å²) >= 11 is 1.45. The first-order valence-corrected chi connectivity index (χ1v) is 8.40. The Hall–Kier alpha value is -2.14. The van der Waals surface area contributed by atoms with Gasteiger partial charge in [-0.05, 0) is 31.2 Å². The van der Waals surface area contributed by atoms with Gasteiger partial charge in [0.25, 0.3) is 0 Å². The fourth-order valence-electron chi connectivity index (χ4n) is 1.95. The van der Waals surface area contributed by atoms with Gasteiger partial charge in [0.1, 0.15) is 5.75 Å². The Morgan fingerprint density at radius 3 is 2.48 bits per heavy atom. The van der Waals surface area contributed by atoms with E-state index in [2.05, 4.69) is 0 Å². The van der Waals surface area contributed by atoms with Crippen LogP contribution in [0.4, 0.5) is 0 Å². The number of ether oxygens (including phenoxy) is 2. The van der Waals surface area contributed by atoms with Gasteiger partial charge in [-0.25, -0.2) is 0 Å². The molecule has 0 spiro atoms. The van der Waals surface area contributed by atoms with Gasteiger partial charge >= 0.3 is 5.97 Å². The average molecular weight is 332 g/mol. The average Bonchev–Trinajstić information content (AvgIpc) is 3.00. The number of hydrogen-bond acceptors (Lipinski definition) is 5. The summed E-state index contributed by atoms with van der Waals surface area (Å²) in [6, 6.07) is 13.2. The number of aryl methyl sites for hydroxylation is 1. The van der Waals surface area contributed by atoms with Crippen molar-refractivity contribution in [1.29, 1.82) is 0 Å². The minimum absolute atomic E-state index is 0.00698. The van der Waals surface area contributed by atoms with Crippen molar-refractivity contribution in [3.05, 3.63) is 52.2 Å². The Morgan fingerprint density at radius 2 is 1.78 bits per heavy atom. The van der Waals surface area contributed by atoms with Crippen LogP contribution in [0.3, 0.4) is 0 Å². The van der Waals surface area contributed by atoms with E-state index in [4.69, 9.17) is 9.47 Å². The molecule has 0 atom stereocenters. The van der Waals surface area contributed by atoms with Gasteiger partial charge in [-0.2, -0.15) is 0 Å². The Kier molecular flexibility index (Phi) is 6.81. The third-order valence-electron chi connectivity index (χ3n) is 3.14. The Balaban J connectivity index is 1.56. The van der Waals surface area contributed by atoms with Gasteiger partial charge in [0.15, 0.2) is 5.78 Å². The van der Waals surface area contributed by atoms with Gasteiger partial charge in [-0.1, -0.05) is 18.2 Å². The SMILES string of the molecule is Cc1ccc(C(=O)CCC(=O)OCCCOc2ccccc2)s1. The molecule has 1 heterocycles. The fraction of sp³-hybridized carbons (Fsp3) is 0.333. The van der Waals surface area contributed by atoms with Crippen molar-refractivity contribution in [2.45, 2.75) is 26.2 Å². The molecule has 2 aromatic rings. The summed E-state index contributed by atoms with van der Waals surface area (Å²) in [6.45, 7) is 2.75. The maximum atomic E-state index is 11.9. The van der Waals surface area contributed by atoms with Gasteiger partial charge in [0, 0.05) is 17.7 Å². The number of esters is 1. The lowest BCUT2D eigenvalue weighted by Gasteiger charge is -2.06. The lowest BCUT2D eigenvalue weighted by atomic mass is 10.2. The molecule has 0 N–H and O–H groups in total. The van der Waals surface area contributed by atoms with Crippen LogP contribution in [0.2, 0.25) is 0 Å². The van der Waals surface area contributed by atoms with E-state index >= 15 is 0 Å². The maximum absolute atomic E-state index is 11.9. The molecule has 0 aliphatic carbocycles. The number of benzene rings is 1. The fourth-order valence-corrected chi connectivity index (χ4v) is 2.78. The molecule has 0 amide bonds. The number of Topliss-reactive ketones (excluding diaryl/α,β-unsaturated/α-hetero) is 1. The molecule has 0 radical (unpaired) electrons. The second-order valence-electron chi connectivity index (χ2n) is 5.07. The van der Waals surface area contributed by atoms with Crippen LogP contribution in [0.15, 0.2) is 42.5 Å². The molecular formula is C18H20O4S. The summed E-state index contributed by atoms with van der Waals surface area (Å²) in [5, 5.41) is 0. The van der Waals surface area contributed by atoms with E-state index in [1.54, 1.807) is 6.07 Å². The molecule has 23 heavy (non-hydrogen) atoms. The highest BCUT2D eigenvalue weighted by atomic mass is 32.1. The largest absolute Gasteiger partial charge is 0.493 e. The molecule has 1 aromatic carbocycles. The van der Waals surface area contributed by atoms with Gasteiger partial charge in [-0.15, -0.1) is 11.3 Å². The van der Waals surface area contributed by atoms with Crippen molar-refractivity contribution < 1.29 is 19.1 Å². The predicted octanol–water partition coefficient (Wildman–Crippen LogP) is 4.03. The first kappa shape index (κ1) is 17.2. The van der Waals surface area contributed by atoms with Gasteiger partial charge in [0.2, 0.25) is 0 Å². The molecule has 4 nitrogen and oxygen atoms in total. The Labute approximate surface area is 140 Å². The van der Waals surface area contributed by atoms with E-state index in [0.29, 0.717) is 24.5 Å². The lowest BCUT2D eigenvalue weighted by Crippen LogP contribution is -2.10. The highest BCUT2D eigenvalue weighted by Crippen LogP contribution is 2.17. The first-order chi connectivity index (χ1) is 11.1. The van der Waals surface area contributed by atoms with Crippen molar-refractivity contribution in [2.24, 2.45) is 0 Å². The summed E-state index contributed by atoms with van der Waals surface area (Å²) in [5.74, 6) is 0.453. The zero-order chi connectivity index (χ0) is 16.5. The standard InChI is InChI=1S/C18H20O4S/c1-14-8-10-17(23-14)16(19)9-11-18(20)22-13-5-12-21-15-6-3-2-4-7-15/h2-4,6-8,10H,5,9,11-13H2,1H3. The summed E-state index contributed by atoms with van der Waals surface area (Å²) < 4.78 is 10.6. The molecule has 0 aliphatic rings. The van der Waals surface area contributed by atoms with E-state index in [-0.39, 0.29) is 24.6 Å². The van der Waals surface area contributed by atoms with E-state index in [1.807, 2.05) is 43.3 Å². The number of carbonyl (C=O) groups excluding carboxylic acids is 2. The van der Waals surface area contributed by atoms with Crippen LogP contribution in [-0.2, 0) is 9.53 Å². The summed E-state index contributed by atoms with van der Waals surface area (Å²) in [7, 11) is 0. The second-order valence-corrected chi connectivity index (χ2v) is 6.36. The molecule has 5 heteroatoms. The molecule has 122 valence electrons. The van der Waals surface area contributed by atoms with Crippen molar-refractivity contribution in [3.8, 4) is 5.75 Å². The molecule has 0 saturated carbocycles. The molecule has 0 bridgehead atoms. The monoisotopic (exact) mass is 332 g/mol. The quantitative estimate of drug-likeness (QED) is 0.395. The number of rotatable bonds is 9. The summed E-state index contributed by atoms with van der Waals surface area (Å²) in [5.41, 5.74) is 0. The van der Waals surface area contributed by atoms with E-state index < -0.39 is 0 Å². The molecule has 1 aromatic heterocycles. The maximum Gasteiger partial charge on any atom is 0.306 e. The zero-order valence-corrected chi connectivity index (χ0v) is 13.9. The Morgan fingerprint density at radius 1 is 1.00 bits per heavy atom. The number of carbonyl (C=O) groups is 2. The molecule has 0 aliphatic heterocycles. The van der Waals surface area contributed by atoms with Crippen LogP contribution < -0.4 is 4.74 Å². The molecule has 0 saturated heterocycles. The van der Waals surface area contributed by atoms with E-state index in [9.17, 15) is 9.59 Å². The van der Waals surface area contributed by atoms with E-state index in [1.165, 1.54) is 11.3 Å². The molecule has 0 unspecified atom stereocenters. The highest BCUT2D eigenvalue weighted by Gasteiger charge is 2.11. The van der Waals surface area contributed by atoms with E-state index in [0.717, 1.165) is 10.6 Å². The lowest BCUT2D eigenvalue weighted by molar-refractivity contribution is -0.143. The number of para-hydroxylation sites is 1. The van der Waals surface area contributed by atoms with Gasteiger partial charge in [0.05, 0.1) is 24.5 Å². The first-order valence-electron chi connectivity index (χ1n) is 7.58. The van der Waals surface area contributed by atoms with Crippen LogP contribution in [-0.4, -0.2) is 25.0 Å². The minimum Gasteiger partial charge on any atom is -0.493 e. The third kappa shape index (κ3) is 6.24. The van der Waals surface area contributed by atoms with Crippen LogP contribution >= 0.6 is 11.3 Å². The Bertz CT molecular complexity index is 633. The van der Waals surface area contributed by atoms with Crippen molar-refractivity contribution in [2.75, 3.05) is 13.2 Å². The van der Waals surface area contributed by atoms with Gasteiger partial charge < -0.3 is 9.47 Å². The van der Waals surface area contributed by atoms with Gasteiger partial charge in [-0.3, -0.25) is 9.59 Å². The molecular weight excluding hydrogens is 312 g/mol. The summed E-state index contributed by atoms with van der Waals surface area (Å²) in [4.78, 5) is 25.3.